The first-order valence-corrected chi connectivity index (χ1v) is 7.48. The summed E-state index contributed by atoms with van der Waals surface area (Å²) in [6.07, 6.45) is 3.20. The van der Waals surface area contributed by atoms with Gasteiger partial charge in [0.2, 0.25) is 5.95 Å². The van der Waals surface area contributed by atoms with Gasteiger partial charge in [-0.25, -0.2) is 9.97 Å². The lowest BCUT2D eigenvalue weighted by Gasteiger charge is -2.18. The van der Waals surface area contributed by atoms with E-state index in [1.54, 1.807) is 18.1 Å². The van der Waals surface area contributed by atoms with E-state index >= 15 is 0 Å². The average Bonchev–Trinajstić information content (AvgIpc) is 3.00. The largest absolute Gasteiger partial charge is 0.368 e. The van der Waals surface area contributed by atoms with Gasteiger partial charge in [-0.3, -0.25) is 9.89 Å². The van der Waals surface area contributed by atoms with Crippen LogP contribution >= 0.6 is 0 Å². The summed E-state index contributed by atoms with van der Waals surface area (Å²) >= 11 is 0. The molecule has 3 rings (SSSR count). The quantitative estimate of drug-likeness (QED) is 0.765. The minimum atomic E-state index is -0.172. The van der Waals surface area contributed by atoms with Crippen molar-refractivity contribution in [2.45, 2.75) is 13.5 Å². The molecule has 0 unspecified atom stereocenters. The Bertz CT molecular complexity index is 859. The zero-order chi connectivity index (χ0) is 17.1. The highest BCUT2D eigenvalue weighted by Crippen LogP contribution is 2.23. The van der Waals surface area contributed by atoms with Crippen LogP contribution in [-0.2, 0) is 6.54 Å². The highest BCUT2D eigenvalue weighted by molar-refractivity contribution is 5.99. The molecule has 0 atom stereocenters. The number of carbonyl (C=O) groups excluding carboxylic acids is 1. The summed E-state index contributed by atoms with van der Waals surface area (Å²) in [5, 5.41) is 6.85. The Morgan fingerprint density at radius 1 is 1.25 bits per heavy atom. The molecule has 2 aromatic heterocycles. The number of nitrogens with zero attached hydrogens (tertiary/aromatic N) is 4. The number of nitrogens with two attached hydrogens (primary N) is 1. The van der Waals surface area contributed by atoms with Crippen molar-refractivity contribution in [3.8, 4) is 11.3 Å². The number of nitrogens with one attached hydrogen (secondary N) is 1. The molecule has 0 fully saturated rings. The summed E-state index contributed by atoms with van der Waals surface area (Å²) in [6.45, 7) is 2.36. The van der Waals surface area contributed by atoms with Gasteiger partial charge in [0, 0.05) is 36.6 Å². The van der Waals surface area contributed by atoms with E-state index in [1.165, 1.54) is 6.20 Å². The molecule has 3 aromatic rings. The van der Waals surface area contributed by atoms with Crippen molar-refractivity contribution < 1.29 is 4.79 Å². The Morgan fingerprint density at radius 2 is 2.00 bits per heavy atom. The molecule has 0 aliphatic carbocycles. The van der Waals surface area contributed by atoms with E-state index in [9.17, 15) is 4.79 Å². The molecule has 0 saturated heterocycles. The molecule has 0 radical (unpaired) electrons. The minimum Gasteiger partial charge on any atom is -0.368 e. The maximum Gasteiger partial charge on any atom is 0.257 e. The van der Waals surface area contributed by atoms with Gasteiger partial charge in [0.25, 0.3) is 5.91 Å². The maximum absolute atomic E-state index is 12.9. The molecule has 0 spiro atoms. The van der Waals surface area contributed by atoms with Crippen molar-refractivity contribution >= 4 is 11.9 Å². The molecule has 7 nitrogen and oxygen atoms in total. The number of rotatable bonds is 4. The normalized spacial score (nSPS) is 10.6. The smallest absolute Gasteiger partial charge is 0.257 e. The van der Waals surface area contributed by atoms with Crippen LogP contribution in [0, 0.1) is 6.92 Å². The predicted octanol–water partition coefficient (Wildman–Crippen LogP) is 2.03. The van der Waals surface area contributed by atoms with Crippen LogP contribution in [0.25, 0.3) is 11.3 Å². The number of carbonyl (C=O) groups is 1. The summed E-state index contributed by atoms with van der Waals surface area (Å²) in [4.78, 5) is 22.7. The number of benzene rings is 1. The summed E-state index contributed by atoms with van der Waals surface area (Å²) in [5.74, 6) is -0.0341. The first kappa shape index (κ1) is 15.7. The van der Waals surface area contributed by atoms with Crippen LogP contribution in [0.3, 0.4) is 0 Å². The van der Waals surface area contributed by atoms with E-state index in [-0.39, 0.29) is 11.9 Å². The second kappa shape index (κ2) is 6.49. The Kier molecular flexibility index (Phi) is 4.24. The lowest BCUT2D eigenvalue weighted by atomic mass is 10.1. The van der Waals surface area contributed by atoms with E-state index < -0.39 is 0 Å². The Labute approximate surface area is 139 Å². The standard InChI is InChI=1S/C17H18N6O/c1-11-13(8-20-22-11)10-23(2)16(24)14-9-19-17(18)21-15(14)12-6-4-3-5-7-12/h3-9H,10H2,1-2H3,(H,20,22)(H2,18,19,21). The molecular formula is C17H18N6O. The topological polar surface area (TPSA) is 101 Å². The Balaban J connectivity index is 1.94. The van der Waals surface area contributed by atoms with E-state index in [4.69, 9.17) is 5.73 Å². The van der Waals surface area contributed by atoms with Gasteiger partial charge < -0.3 is 10.6 Å². The van der Waals surface area contributed by atoms with Crippen LogP contribution < -0.4 is 5.73 Å². The summed E-state index contributed by atoms with van der Waals surface area (Å²) in [7, 11) is 1.74. The van der Waals surface area contributed by atoms with Crippen molar-refractivity contribution in [2.75, 3.05) is 12.8 Å². The van der Waals surface area contributed by atoms with Gasteiger partial charge in [-0.15, -0.1) is 0 Å². The number of aromatic amines is 1. The summed E-state index contributed by atoms with van der Waals surface area (Å²) in [5.41, 5.74) is 9.38. The first-order valence-electron chi connectivity index (χ1n) is 7.48. The fourth-order valence-electron chi connectivity index (χ4n) is 2.44. The first-order chi connectivity index (χ1) is 11.6. The van der Waals surface area contributed by atoms with Gasteiger partial charge in [-0.05, 0) is 6.92 Å². The number of hydrogen-bond donors (Lipinski definition) is 2. The van der Waals surface area contributed by atoms with Gasteiger partial charge in [-0.2, -0.15) is 5.10 Å². The highest BCUT2D eigenvalue weighted by Gasteiger charge is 2.20. The van der Waals surface area contributed by atoms with Crippen LogP contribution in [0.2, 0.25) is 0 Å². The zero-order valence-corrected chi connectivity index (χ0v) is 13.5. The number of anilines is 1. The Hall–Kier alpha value is -3.22. The molecule has 1 amide bonds. The fourth-order valence-corrected chi connectivity index (χ4v) is 2.44. The molecule has 24 heavy (non-hydrogen) atoms. The van der Waals surface area contributed by atoms with Gasteiger partial charge in [0.15, 0.2) is 0 Å². The molecule has 0 aliphatic heterocycles. The number of aromatic nitrogens is 4. The Morgan fingerprint density at radius 3 is 2.67 bits per heavy atom. The van der Waals surface area contributed by atoms with Crippen LogP contribution in [0.5, 0.6) is 0 Å². The van der Waals surface area contributed by atoms with Crippen LogP contribution in [0.1, 0.15) is 21.6 Å². The third-order valence-electron chi connectivity index (χ3n) is 3.77. The molecular weight excluding hydrogens is 304 g/mol. The number of aryl methyl sites for hydroxylation is 1. The molecule has 2 heterocycles. The van der Waals surface area contributed by atoms with Gasteiger partial charge >= 0.3 is 0 Å². The van der Waals surface area contributed by atoms with Crippen molar-refractivity contribution in [3.05, 3.63) is 59.5 Å². The monoisotopic (exact) mass is 322 g/mol. The zero-order valence-electron chi connectivity index (χ0n) is 13.5. The third-order valence-corrected chi connectivity index (χ3v) is 3.77. The van der Waals surface area contributed by atoms with E-state index in [2.05, 4.69) is 20.2 Å². The molecule has 3 N–H and O–H groups in total. The SMILES string of the molecule is Cc1[nH]ncc1CN(C)C(=O)c1cnc(N)nc1-c1ccccc1. The molecule has 0 aliphatic rings. The highest BCUT2D eigenvalue weighted by atomic mass is 16.2. The number of H-pyrrole nitrogens is 1. The van der Waals surface area contributed by atoms with E-state index in [1.807, 2.05) is 37.3 Å². The van der Waals surface area contributed by atoms with Crippen molar-refractivity contribution in [2.24, 2.45) is 0 Å². The molecule has 0 saturated carbocycles. The van der Waals surface area contributed by atoms with Crippen molar-refractivity contribution in [1.29, 1.82) is 0 Å². The van der Waals surface area contributed by atoms with Crippen molar-refractivity contribution in [1.82, 2.24) is 25.1 Å². The minimum absolute atomic E-state index is 0.138. The molecule has 0 bridgehead atoms. The van der Waals surface area contributed by atoms with Gasteiger partial charge in [0.05, 0.1) is 17.5 Å². The summed E-state index contributed by atoms with van der Waals surface area (Å²) in [6, 6.07) is 9.46. The lowest BCUT2D eigenvalue weighted by molar-refractivity contribution is 0.0785. The summed E-state index contributed by atoms with van der Waals surface area (Å²) < 4.78 is 0. The number of hydrogen-bond acceptors (Lipinski definition) is 5. The van der Waals surface area contributed by atoms with Crippen LogP contribution in [-0.4, -0.2) is 38.0 Å². The van der Waals surface area contributed by atoms with Crippen LogP contribution in [0.15, 0.2) is 42.7 Å². The predicted molar refractivity (Wildman–Crippen MR) is 91.0 cm³/mol. The lowest BCUT2D eigenvalue weighted by Crippen LogP contribution is -2.27. The molecule has 122 valence electrons. The van der Waals surface area contributed by atoms with E-state index in [0.717, 1.165) is 16.8 Å². The second-order valence-corrected chi connectivity index (χ2v) is 5.54. The van der Waals surface area contributed by atoms with Gasteiger partial charge in [0.1, 0.15) is 0 Å². The molecule has 1 aromatic carbocycles. The van der Waals surface area contributed by atoms with Gasteiger partial charge in [-0.1, -0.05) is 30.3 Å². The fraction of sp³-hybridized carbons (Fsp3) is 0.176. The second-order valence-electron chi connectivity index (χ2n) is 5.54. The number of amides is 1. The number of nitrogen functional groups attached to an aromatic ring is 1. The van der Waals surface area contributed by atoms with E-state index in [0.29, 0.717) is 17.8 Å². The van der Waals surface area contributed by atoms with Crippen LogP contribution in [0.4, 0.5) is 5.95 Å². The third kappa shape index (κ3) is 3.10. The maximum atomic E-state index is 12.9. The molecule has 7 heteroatoms. The average molecular weight is 322 g/mol. The van der Waals surface area contributed by atoms with Crippen molar-refractivity contribution in [3.63, 3.8) is 0 Å².